The van der Waals surface area contributed by atoms with Crippen LogP contribution in [0.4, 0.5) is 5.69 Å². The predicted octanol–water partition coefficient (Wildman–Crippen LogP) is 0.643. The fourth-order valence-corrected chi connectivity index (χ4v) is 7.00. The Kier molecular flexibility index (Phi) is 6.08. The first-order valence-electron chi connectivity index (χ1n) is 12.8. The van der Waals surface area contributed by atoms with E-state index in [9.17, 15) is 39.9 Å². The molecule has 1 aromatic rings. The van der Waals surface area contributed by atoms with Gasteiger partial charge in [-0.05, 0) is 50.9 Å². The molecule has 7 N–H and O–H groups in total. The number of nitrogens with two attached hydrogens (primary N) is 1. The van der Waals surface area contributed by atoms with Crippen LogP contribution in [-0.4, -0.2) is 92.8 Å². The molecule has 1 saturated heterocycles. The Morgan fingerprint density at radius 1 is 1.11 bits per heavy atom. The molecule has 0 bridgehead atoms. The van der Waals surface area contributed by atoms with Gasteiger partial charge in [0.2, 0.25) is 5.78 Å². The van der Waals surface area contributed by atoms with Crippen molar-refractivity contribution in [2.75, 3.05) is 32.1 Å². The molecule has 1 fully saturated rings. The van der Waals surface area contributed by atoms with Gasteiger partial charge in [-0.3, -0.25) is 19.3 Å². The minimum atomic E-state index is -2.91. The molecule has 0 unspecified atom stereocenters. The van der Waals surface area contributed by atoms with Gasteiger partial charge in [-0.25, -0.2) is 0 Å². The predicted molar refractivity (Wildman–Crippen MR) is 136 cm³/mol. The summed E-state index contributed by atoms with van der Waals surface area (Å²) < 4.78 is 0. The van der Waals surface area contributed by atoms with Crippen LogP contribution >= 0.6 is 0 Å². The summed E-state index contributed by atoms with van der Waals surface area (Å²) in [5.41, 5.74) is 1.99. The number of primary amides is 1. The standard InChI is InChI=1S/C27H33N3O8/c1-11-12-7-8-13(30-9-5-4-6-10-30)20(31)15(12)21(32)16-14(11)22(33)18-19(29(2)3)23(34)17(26(28)37)25(36)27(18,38)24(16)35/h7-8,11,14,18-19,22,31,33-35,38H,4-6,9-10H2,1-3H3,(H2,28,37)/t11-,14+,18+,19-,22-,27-/m0/s1. The molecule has 3 aliphatic carbocycles. The number of phenols is 1. The van der Waals surface area contributed by atoms with Gasteiger partial charge in [0.1, 0.15) is 22.8 Å². The van der Waals surface area contributed by atoms with Crippen molar-refractivity contribution in [2.45, 2.75) is 49.9 Å². The number of rotatable bonds is 3. The average molecular weight is 528 g/mol. The lowest BCUT2D eigenvalue weighted by Gasteiger charge is -2.53. The zero-order valence-corrected chi connectivity index (χ0v) is 21.5. The van der Waals surface area contributed by atoms with E-state index in [1.165, 1.54) is 19.0 Å². The topological polar surface area (TPSA) is 185 Å². The van der Waals surface area contributed by atoms with Crippen LogP contribution in [0.3, 0.4) is 0 Å². The van der Waals surface area contributed by atoms with Crippen molar-refractivity contribution in [3.63, 3.8) is 0 Å². The Labute approximate surface area is 219 Å². The molecule has 204 valence electrons. The van der Waals surface area contributed by atoms with Crippen molar-refractivity contribution < 1.29 is 39.9 Å². The van der Waals surface area contributed by atoms with Crippen LogP contribution in [0.25, 0.3) is 0 Å². The number of carbonyl (C=O) groups excluding carboxylic acids is 3. The van der Waals surface area contributed by atoms with Gasteiger partial charge in [0, 0.05) is 24.6 Å². The normalized spacial score (nSPS) is 33.3. The number of amides is 1. The SMILES string of the molecule is C[C@H]1c2ccc(N3CCCCC3)c(O)c2C(=O)C2=C(O)[C@]3(O)C(=O)C(C(N)=O)=C(O)[C@@H](N(C)C)[C@@H]3[C@@H](O)[C@@H]21. The van der Waals surface area contributed by atoms with Gasteiger partial charge in [-0.15, -0.1) is 0 Å². The zero-order chi connectivity index (χ0) is 27.8. The Morgan fingerprint density at radius 2 is 1.74 bits per heavy atom. The van der Waals surface area contributed by atoms with E-state index in [1.54, 1.807) is 19.1 Å². The second kappa shape index (κ2) is 8.82. The van der Waals surface area contributed by atoms with Crippen molar-refractivity contribution >= 4 is 23.2 Å². The van der Waals surface area contributed by atoms with Gasteiger partial charge in [-0.2, -0.15) is 0 Å². The molecule has 11 heteroatoms. The Hall–Kier alpha value is -3.41. The van der Waals surface area contributed by atoms with Crippen molar-refractivity contribution in [1.82, 2.24) is 4.90 Å². The molecule has 1 aliphatic heterocycles. The van der Waals surface area contributed by atoms with Gasteiger partial charge >= 0.3 is 0 Å². The minimum Gasteiger partial charge on any atom is -0.510 e. The molecular formula is C27H33N3O8. The number of anilines is 1. The Morgan fingerprint density at radius 3 is 2.32 bits per heavy atom. The second-order valence-electron chi connectivity index (χ2n) is 11.0. The number of aromatic hydroxyl groups is 1. The van der Waals surface area contributed by atoms with E-state index < -0.39 is 75.6 Å². The highest BCUT2D eigenvalue weighted by Crippen LogP contribution is 2.56. The quantitative estimate of drug-likeness (QED) is 0.305. The first kappa shape index (κ1) is 26.2. The molecule has 0 spiro atoms. The molecule has 4 aliphatic rings. The summed E-state index contributed by atoms with van der Waals surface area (Å²) in [7, 11) is 3.01. The average Bonchev–Trinajstić information content (AvgIpc) is 2.86. The van der Waals surface area contributed by atoms with Crippen LogP contribution in [0.1, 0.15) is 48.0 Å². The number of fused-ring (bicyclic) bond motifs is 3. The van der Waals surface area contributed by atoms with Gasteiger partial charge in [0.05, 0.1) is 29.3 Å². The third-order valence-electron chi connectivity index (χ3n) is 8.81. The number of likely N-dealkylation sites (N-methyl/N-ethyl adjacent to an activating group) is 1. The van der Waals surface area contributed by atoms with Crippen LogP contribution < -0.4 is 10.6 Å². The lowest BCUT2D eigenvalue weighted by atomic mass is 9.55. The first-order valence-corrected chi connectivity index (χ1v) is 12.8. The first-order chi connectivity index (χ1) is 17.8. The van der Waals surface area contributed by atoms with Crippen LogP contribution in [-0.2, 0) is 9.59 Å². The smallest absolute Gasteiger partial charge is 0.255 e. The maximum absolute atomic E-state index is 13.9. The molecule has 6 atom stereocenters. The maximum atomic E-state index is 13.9. The zero-order valence-electron chi connectivity index (χ0n) is 21.5. The number of phenolic OH excluding ortho intramolecular Hbond substituents is 1. The molecular weight excluding hydrogens is 494 g/mol. The summed E-state index contributed by atoms with van der Waals surface area (Å²) >= 11 is 0. The number of piperidine rings is 1. The van der Waals surface area contributed by atoms with Gasteiger partial charge in [0.25, 0.3) is 5.91 Å². The molecule has 38 heavy (non-hydrogen) atoms. The number of ketones is 2. The highest BCUT2D eigenvalue weighted by atomic mass is 16.4. The van der Waals surface area contributed by atoms with Gasteiger partial charge in [-0.1, -0.05) is 13.0 Å². The van der Waals surface area contributed by atoms with E-state index in [0.29, 0.717) is 24.3 Å². The molecule has 5 rings (SSSR count). The number of carbonyl (C=O) groups is 3. The molecule has 1 amide bonds. The van der Waals surface area contributed by atoms with E-state index in [2.05, 4.69) is 0 Å². The van der Waals surface area contributed by atoms with Crippen LogP contribution in [0.15, 0.2) is 34.8 Å². The summed E-state index contributed by atoms with van der Waals surface area (Å²) in [4.78, 5) is 42.9. The molecule has 0 aromatic heterocycles. The summed E-state index contributed by atoms with van der Waals surface area (Å²) in [6, 6.07) is 2.18. The van der Waals surface area contributed by atoms with Crippen molar-refractivity contribution in [2.24, 2.45) is 17.6 Å². The van der Waals surface area contributed by atoms with Crippen LogP contribution in [0.5, 0.6) is 5.75 Å². The second-order valence-corrected chi connectivity index (χ2v) is 11.0. The molecule has 11 nitrogen and oxygen atoms in total. The third-order valence-corrected chi connectivity index (χ3v) is 8.81. The van der Waals surface area contributed by atoms with E-state index in [-0.39, 0.29) is 11.3 Å². The third kappa shape index (κ3) is 3.28. The largest absolute Gasteiger partial charge is 0.510 e. The van der Waals surface area contributed by atoms with Crippen molar-refractivity contribution in [3.05, 3.63) is 45.9 Å². The lowest BCUT2D eigenvalue weighted by Crippen LogP contribution is -2.68. The van der Waals surface area contributed by atoms with E-state index in [1.807, 2.05) is 4.90 Å². The number of hydrogen-bond acceptors (Lipinski definition) is 10. The summed E-state index contributed by atoms with van der Waals surface area (Å²) in [5.74, 6) is -8.76. The van der Waals surface area contributed by atoms with Crippen molar-refractivity contribution in [3.8, 4) is 5.75 Å². The van der Waals surface area contributed by atoms with Gasteiger partial charge < -0.3 is 36.2 Å². The molecule has 0 radical (unpaired) electrons. The number of aliphatic hydroxyl groups excluding tert-OH is 3. The summed E-state index contributed by atoms with van der Waals surface area (Å²) in [6.45, 7) is 3.13. The Bertz CT molecular complexity index is 1310. The van der Waals surface area contributed by atoms with Crippen LogP contribution in [0, 0.1) is 11.8 Å². The maximum Gasteiger partial charge on any atom is 0.255 e. The van der Waals surface area contributed by atoms with E-state index in [0.717, 1.165) is 19.3 Å². The molecule has 1 heterocycles. The number of nitrogens with zero attached hydrogens (tertiary/aromatic N) is 2. The summed E-state index contributed by atoms with van der Waals surface area (Å²) in [5, 5.41) is 57.0. The fraction of sp³-hybridized carbons (Fsp3) is 0.519. The highest BCUT2D eigenvalue weighted by Gasteiger charge is 2.67. The van der Waals surface area contributed by atoms with Crippen molar-refractivity contribution in [1.29, 1.82) is 0 Å². The van der Waals surface area contributed by atoms with Gasteiger partial charge in [0.15, 0.2) is 11.4 Å². The monoisotopic (exact) mass is 527 g/mol. The van der Waals surface area contributed by atoms with E-state index >= 15 is 0 Å². The number of hydrogen-bond donors (Lipinski definition) is 6. The minimum absolute atomic E-state index is 0.0615. The lowest BCUT2D eigenvalue weighted by molar-refractivity contribution is -0.162. The number of Topliss-reactive ketones (excluding diaryl/α,β-unsaturated/α-hetero) is 2. The number of benzene rings is 1. The van der Waals surface area contributed by atoms with Crippen LogP contribution in [0.2, 0.25) is 0 Å². The highest BCUT2D eigenvalue weighted by molar-refractivity contribution is 6.25. The number of aliphatic hydroxyl groups is 4. The molecule has 0 saturated carbocycles. The molecule has 1 aromatic carbocycles. The fourth-order valence-electron chi connectivity index (χ4n) is 7.00. The summed E-state index contributed by atoms with van der Waals surface area (Å²) in [6.07, 6.45) is 1.34. The Balaban J connectivity index is 1.73. The van der Waals surface area contributed by atoms with E-state index in [4.69, 9.17) is 5.73 Å².